The highest BCUT2D eigenvalue weighted by atomic mass is 16.3. The number of benzene rings is 7. The van der Waals surface area contributed by atoms with Gasteiger partial charge in [0.25, 0.3) is 0 Å². The number of hydrogen-bond donors (Lipinski definition) is 0. The van der Waals surface area contributed by atoms with E-state index in [1.54, 1.807) is 0 Å². The Balaban J connectivity index is 1.48. The zero-order valence-corrected chi connectivity index (χ0v) is 23.2. The van der Waals surface area contributed by atoms with Crippen LogP contribution in [0.3, 0.4) is 0 Å². The highest BCUT2D eigenvalue weighted by molar-refractivity contribution is 6.12. The van der Waals surface area contributed by atoms with Crippen LogP contribution in [0.2, 0.25) is 0 Å². The summed E-state index contributed by atoms with van der Waals surface area (Å²) in [7, 11) is 0. The molecule has 0 bridgehead atoms. The van der Waals surface area contributed by atoms with Gasteiger partial charge in [-0.15, -0.1) is 0 Å². The van der Waals surface area contributed by atoms with Crippen molar-refractivity contribution in [2.45, 2.75) is 0 Å². The Morgan fingerprint density at radius 1 is 0.340 bits per heavy atom. The summed E-state index contributed by atoms with van der Waals surface area (Å²) in [5, 5.41) is -2.39. The summed E-state index contributed by atoms with van der Waals surface area (Å²) in [6.45, 7) is 0. The number of para-hydroxylation sites is 1. The molecule has 0 amide bonds. The molecule has 0 unspecified atom stereocenters. The van der Waals surface area contributed by atoms with E-state index in [4.69, 9.17) is 33.2 Å². The summed E-state index contributed by atoms with van der Waals surface area (Å²) in [4.78, 5) is 13.2. The fourth-order valence-electron chi connectivity index (χ4n) is 4.83. The van der Waals surface area contributed by atoms with Crippen molar-refractivity contribution in [3.63, 3.8) is 0 Å². The molecule has 9 aromatic rings. The van der Waals surface area contributed by atoms with Gasteiger partial charge in [-0.3, -0.25) is 0 Å². The van der Waals surface area contributed by atoms with Crippen LogP contribution < -0.4 is 0 Å². The van der Waals surface area contributed by atoms with Gasteiger partial charge in [-0.25, -0.2) is 15.0 Å². The molecule has 0 saturated carbocycles. The summed E-state index contributed by atoms with van der Waals surface area (Å²) >= 11 is 0. The molecular weight excluding hydrogens is 574 g/mol. The predicted molar refractivity (Wildman–Crippen MR) is 192 cm³/mol. The third-order valence-corrected chi connectivity index (χ3v) is 6.88. The van der Waals surface area contributed by atoms with Gasteiger partial charge in [-0.2, -0.15) is 0 Å². The zero-order valence-electron chi connectivity index (χ0n) is 50.2. The molecule has 4 heteroatoms. The fourth-order valence-corrected chi connectivity index (χ4v) is 4.83. The van der Waals surface area contributed by atoms with Crippen LogP contribution in [0.1, 0.15) is 37.0 Å². The highest BCUT2D eigenvalue weighted by Crippen LogP contribution is 2.38. The smallest absolute Gasteiger partial charge is 0.164 e. The van der Waals surface area contributed by atoms with Crippen molar-refractivity contribution >= 4 is 32.7 Å². The molecule has 0 N–H and O–H groups in total. The highest BCUT2D eigenvalue weighted by Gasteiger charge is 2.19. The van der Waals surface area contributed by atoms with E-state index in [0.29, 0.717) is 0 Å². The van der Waals surface area contributed by atoms with Gasteiger partial charge < -0.3 is 4.42 Å². The summed E-state index contributed by atoms with van der Waals surface area (Å²) in [6, 6.07) is -24.7. The minimum atomic E-state index is -1.05. The molecule has 2 aromatic heterocycles. The van der Waals surface area contributed by atoms with Gasteiger partial charge in [0.2, 0.25) is 0 Å². The van der Waals surface area contributed by atoms with Crippen LogP contribution in [0.4, 0.5) is 0 Å². The number of nitrogens with zero attached hydrogens (tertiary/aromatic N) is 3. The zero-order chi connectivity index (χ0) is 54.7. The van der Waals surface area contributed by atoms with E-state index in [1.807, 2.05) is 0 Å². The quantitative estimate of drug-likeness (QED) is 0.190. The summed E-state index contributed by atoms with van der Waals surface area (Å²) in [5.74, 6) is -2.56. The second-order valence-electron chi connectivity index (χ2n) is 9.57. The lowest BCUT2D eigenvalue weighted by Crippen LogP contribution is -2.01. The second kappa shape index (κ2) is 11.2. The van der Waals surface area contributed by atoms with Gasteiger partial charge in [0, 0.05) is 27.5 Å². The molecule has 47 heavy (non-hydrogen) atoms. The van der Waals surface area contributed by atoms with Gasteiger partial charge in [0.1, 0.15) is 11.2 Å². The number of aromatic nitrogens is 3. The number of furan rings is 1. The van der Waals surface area contributed by atoms with Crippen molar-refractivity contribution in [1.82, 2.24) is 15.0 Å². The molecule has 0 aliphatic heterocycles. The van der Waals surface area contributed by atoms with Crippen LogP contribution in [-0.2, 0) is 0 Å². The molecule has 9 rings (SSSR count). The number of hydrogen-bond acceptors (Lipinski definition) is 4. The molecule has 0 fully saturated rings. The molecule has 0 atom stereocenters. The van der Waals surface area contributed by atoms with Crippen molar-refractivity contribution in [2.75, 3.05) is 0 Å². The average Bonchev–Trinajstić information content (AvgIpc) is 3.77. The lowest BCUT2D eigenvalue weighted by atomic mass is 9.94. The Morgan fingerprint density at radius 3 is 1.60 bits per heavy atom. The first-order chi connectivity index (χ1) is 34.5. The van der Waals surface area contributed by atoms with E-state index in [9.17, 15) is 8.22 Å². The first-order valence-corrected chi connectivity index (χ1v) is 13.5. The molecule has 0 aliphatic rings. The Hall–Kier alpha value is -6.39. The topological polar surface area (TPSA) is 51.8 Å². The van der Waals surface area contributed by atoms with Crippen molar-refractivity contribution in [2.24, 2.45) is 0 Å². The van der Waals surface area contributed by atoms with Crippen molar-refractivity contribution in [1.29, 1.82) is 0 Å². The molecule has 220 valence electrons. The minimum absolute atomic E-state index is 0.439. The summed E-state index contributed by atoms with van der Waals surface area (Å²) < 4.78 is 242. The third-order valence-electron chi connectivity index (χ3n) is 6.88. The van der Waals surface area contributed by atoms with E-state index in [0.717, 1.165) is 0 Å². The third kappa shape index (κ3) is 4.75. The van der Waals surface area contributed by atoms with Crippen LogP contribution in [0.25, 0.3) is 89.1 Å². The molecule has 7 aromatic carbocycles. The van der Waals surface area contributed by atoms with E-state index >= 15 is 0 Å². The van der Waals surface area contributed by atoms with Gasteiger partial charge >= 0.3 is 0 Å². The fraction of sp³-hybridized carbons (Fsp3) is 0. The maximum absolute atomic E-state index is 9.30. The number of rotatable bonds is 5. The average molecular weight is 629 g/mol. The van der Waals surface area contributed by atoms with Crippen molar-refractivity contribution in [3.05, 3.63) is 163 Å². The predicted octanol–water partition coefficient (Wildman–Crippen LogP) is 11.3. The van der Waals surface area contributed by atoms with Crippen LogP contribution in [0.15, 0.2) is 168 Å². The van der Waals surface area contributed by atoms with E-state index in [1.165, 1.54) is 0 Å². The first-order valence-electron chi connectivity index (χ1n) is 27.0. The van der Waals surface area contributed by atoms with Crippen LogP contribution in [-0.4, -0.2) is 15.0 Å². The second-order valence-corrected chi connectivity index (χ2v) is 9.57. The summed E-state index contributed by atoms with van der Waals surface area (Å²) in [6.07, 6.45) is 0. The monoisotopic (exact) mass is 628 g/mol. The van der Waals surface area contributed by atoms with Gasteiger partial charge in [0.05, 0.1) is 37.0 Å². The Bertz CT molecular complexity index is 4030. The molecule has 4 nitrogen and oxygen atoms in total. The maximum atomic E-state index is 9.30. The number of fused-ring (bicyclic) bond motifs is 4. The van der Waals surface area contributed by atoms with Crippen molar-refractivity contribution in [3.8, 4) is 56.4 Å². The Morgan fingerprint density at radius 2 is 0.830 bits per heavy atom. The standard InChI is InChI=1S/C43H27N3O/c1-3-12-28(13-4-1)29-24-26-30(27-25-29)32-17-9-19-34-33(32)18-10-20-35(34)42-44-41(31-14-5-2-6-15-31)45-43(46-42)37-21-11-23-39-40(37)36-16-7-8-22-38(36)47-39/h1-27H/i1D,2D,3D,4D,5D,6D,7D,8D,9D,10D,11D,12D,13D,14D,15D,16D,17D,18D,19D,20D,21D,22D,23D,24D,25D,26D,27D. The minimum Gasteiger partial charge on any atom is -0.456 e. The first kappa shape index (κ1) is 11.1. The van der Waals surface area contributed by atoms with Crippen LogP contribution in [0, 0.1) is 0 Å². The van der Waals surface area contributed by atoms with Crippen LogP contribution in [0.5, 0.6) is 0 Å². The maximum Gasteiger partial charge on any atom is 0.164 e. The Kier molecular flexibility index (Phi) is 2.66. The molecule has 0 saturated heterocycles. The SMILES string of the molecule is [2H]c1c([2H])c([2H])c(-c2nc(-c3c([2H])c([2H])c([2H])c4c(-c5c([2H])c([2H])c(-c6c([2H])c([2H])c([2H])c([2H])c6[2H])c([2H])c5[2H])c([2H])c([2H])c([2H])c34)nc(-c3c([2H])c([2H])c([2H])c4oc5c([2H])c([2H])c([2H])c([2H])c5c34)n2)c([2H])c1[2H]. The van der Waals surface area contributed by atoms with Crippen LogP contribution >= 0.6 is 0 Å². The summed E-state index contributed by atoms with van der Waals surface area (Å²) in [5.41, 5.74) is -6.43. The van der Waals surface area contributed by atoms with E-state index in [-0.39, 0.29) is 0 Å². The Labute approximate surface area is 309 Å². The normalized spacial score (nSPS) is 19.4. The molecular formula is C43H27N3O. The lowest BCUT2D eigenvalue weighted by Gasteiger charge is -2.13. The van der Waals surface area contributed by atoms with Gasteiger partial charge in [0.15, 0.2) is 17.5 Å². The van der Waals surface area contributed by atoms with Crippen molar-refractivity contribution < 1.29 is 41.4 Å². The molecule has 0 aliphatic carbocycles. The van der Waals surface area contributed by atoms with Gasteiger partial charge in [-0.05, 0) is 45.1 Å². The van der Waals surface area contributed by atoms with E-state index in [2.05, 4.69) is 15.0 Å². The van der Waals surface area contributed by atoms with Gasteiger partial charge in [-0.1, -0.05) is 151 Å². The molecule has 0 radical (unpaired) electrons. The lowest BCUT2D eigenvalue weighted by molar-refractivity contribution is 0.669. The molecule has 2 heterocycles. The molecule has 0 spiro atoms. The van der Waals surface area contributed by atoms with E-state index < -0.39 is 252 Å². The largest absolute Gasteiger partial charge is 0.456 e.